The molecule has 0 aliphatic rings. The lowest BCUT2D eigenvalue weighted by Gasteiger charge is -2.09. The molecular weight excluding hydrogens is 248 g/mol. The van der Waals surface area contributed by atoms with E-state index in [9.17, 15) is 17.6 Å². The van der Waals surface area contributed by atoms with Crippen LogP contribution in [0, 0.1) is 23.3 Å². The third-order valence-corrected chi connectivity index (χ3v) is 2.21. The van der Waals surface area contributed by atoms with E-state index in [1.807, 2.05) is 0 Å². The first-order chi connectivity index (χ1) is 8.45. The van der Waals surface area contributed by atoms with Crippen LogP contribution in [0.2, 0.25) is 0 Å². The molecule has 0 radical (unpaired) electrons. The van der Waals surface area contributed by atoms with Crippen molar-refractivity contribution in [3.8, 4) is 0 Å². The average Bonchev–Trinajstić information content (AvgIpc) is 2.24. The van der Waals surface area contributed by atoms with Gasteiger partial charge in [0, 0.05) is 23.5 Å². The number of halogens is 4. The molecule has 2 nitrogen and oxygen atoms in total. The van der Waals surface area contributed by atoms with Crippen LogP contribution in [-0.2, 0) is 0 Å². The number of nitrogens with two attached hydrogens (primary N) is 1. The van der Waals surface area contributed by atoms with Crippen LogP contribution >= 0.6 is 0 Å². The highest BCUT2D eigenvalue weighted by Gasteiger charge is 2.10. The molecule has 0 atom stereocenters. The van der Waals surface area contributed by atoms with Crippen molar-refractivity contribution in [1.82, 2.24) is 0 Å². The lowest BCUT2D eigenvalue weighted by Crippen LogP contribution is -1.98. The predicted octanol–water partition coefficient (Wildman–Crippen LogP) is 3.57. The monoisotopic (exact) mass is 256 g/mol. The molecule has 0 aromatic heterocycles. The van der Waals surface area contributed by atoms with Crippen LogP contribution < -0.4 is 11.1 Å². The molecule has 0 unspecified atom stereocenters. The maximum absolute atomic E-state index is 13.3. The number of nitrogen functional groups attached to an aromatic ring is 1. The van der Waals surface area contributed by atoms with Crippen LogP contribution in [0.3, 0.4) is 0 Å². The SMILES string of the molecule is Nc1cc(F)cc(Nc2cc(F)c(F)cc2F)c1. The lowest BCUT2D eigenvalue weighted by atomic mass is 10.2. The zero-order valence-electron chi connectivity index (χ0n) is 8.98. The molecule has 6 heteroatoms. The lowest BCUT2D eigenvalue weighted by molar-refractivity contribution is 0.496. The third-order valence-electron chi connectivity index (χ3n) is 2.21. The van der Waals surface area contributed by atoms with Crippen LogP contribution in [0.25, 0.3) is 0 Å². The van der Waals surface area contributed by atoms with Gasteiger partial charge < -0.3 is 11.1 Å². The van der Waals surface area contributed by atoms with Gasteiger partial charge in [-0.2, -0.15) is 0 Å². The minimum Gasteiger partial charge on any atom is -0.399 e. The van der Waals surface area contributed by atoms with Gasteiger partial charge in [0.25, 0.3) is 0 Å². The molecule has 0 spiro atoms. The highest BCUT2D eigenvalue weighted by molar-refractivity contribution is 5.64. The molecule has 2 rings (SSSR count). The van der Waals surface area contributed by atoms with Crippen molar-refractivity contribution >= 4 is 17.1 Å². The highest BCUT2D eigenvalue weighted by Crippen LogP contribution is 2.24. The number of hydrogen-bond acceptors (Lipinski definition) is 2. The predicted molar refractivity (Wildman–Crippen MR) is 60.4 cm³/mol. The average molecular weight is 256 g/mol. The largest absolute Gasteiger partial charge is 0.399 e. The number of anilines is 3. The molecule has 0 amide bonds. The Morgan fingerprint density at radius 2 is 1.44 bits per heavy atom. The molecule has 0 bridgehead atoms. The molecule has 0 saturated carbocycles. The summed E-state index contributed by atoms with van der Waals surface area (Å²) in [6.45, 7) is 0. The van der Waals surface area contributed by atoms with E-state index >= 15 is 0 Å². The number of benzene rings is 2. The zero-order valence-corrected chi connectivity index (χ0v) is 8.98. The van der Waals surface area contributed by atoms with Crippen LogP contribution in [0.1, 0.15) is 0 Å². The van der Waals surface area contributed by atoms with Gasteiger partial charge in [-0.05, 0) is 18.2 Å². The van der Waals surface area contributed by atoms with Gasteiger partial charge in [-0.3, -0.25) is 0 Å². The first kappa shape index (κ1) is 12.2. The van der Waals surface area contributed by atoms with Gasteiger partial charge in [-0.1, -0.05) is 0 Å². The summed E-state index contributed by atoms with van der Waals surface area (Å²) in [5, 5.41) is 2.42. The van der Waals surface area contributed by atoms with Crippen molar-refractivity contribution in [1.29, 1.82) is 0 Å². The summed E-state index contributed by atoms with van der Waals surface area (Å²) in [4.78, 5) is 0. The Morgan fingerprint density at radius 3 is 2.11 bits per heavy atom. The molecule has 0 heterocycles. The summed E-state index contributed by atoms with van der Waals surface area (Å²) in [5.74, 6) is -4.11. The van der Waals surface area contributed by atoms with Crippen molar-refractivity contribution < 1.29 is 17.6 Å². The van der Waals surface area contributed by atoms with Crippen LogP contribution in [0.4, 0.5) is 34.6 Å². The fourth-order valence-electron chi connectivity index (χ4n) is 1.46. The standard InChI is InChI=1S/C12H8F4N2/c13-6-1-7(17)3-8(2-6)18-12-5-10(15)9(14)4-11(12)16/h1-5,18H,17H2. The number of hydrogen-bond donors (Lipinski definition) is 2. The Bertz CT molecular complexity index is 579. The highest BCUT2D eigenvalue weighted by atomic mass is 19.2. The maximum Gasteiger partial charge on any atom is 0.161 e. The van der Waals surface area contributed by atoms with Crippen molar-refractivity contribution in [3.63, 3.8) is 0 Å². The second kappa shape index (κ2) is 4.56. The van der Waals surface area contributed by atoms with Gasteiger partial charge in [0.2, 0.25) is 0 Å². The Morgan fingerprint density at radius 1 is 0.778 bits per heavy atom. The zero-order chi connectivity index (χ0) is 13.3. The fourth-order valence-corrected chi connectivity index (χ4v) is 1.46. The topological polar surface area (TPSA) is 38.0 Å². The van der Waals surface area contributed by atoms with Gasteiger partial charge in [0.15, 0.2) is 11.6 Å². The van der Waals surface area contributed by atoms with Crippen LogP contribution in [-0.4, -0.2) is 0 Å². The summed E-state index contributed by atoms with van der Waals surface area (Å²) in [6.07, 6.45) is 0. The molecule has 18 heavy (non-hydrogen) atoms. The van der Waals surface area contributed by atoms with Crippen LogP contribution in [0.15, 0.2) is 30.3 Å². The summed E-state index contributed by atoms with van der Waals surface area (Å²) in [7, 11) is 0. The van der Waals surface area contributed by atoms with E-state index in [4.69, 9.17) is 5.73 Å². The molecule has 94 valence electrons. The van der Waals surface area contributed by atoms with Gasteiger partial charge >= 0.3 is 0 Å². The Kier molecular flexibility index (Phi) is 3.10. The quantitative estimate of drug-likeness (QED) is 0.489. The van der Waals surface area contributed by atoms with E-state index in [-0.39, 0.29) is 17.1 Å². The van der Waals surface area contributed by atoms with Crippen LogP contribution in [0.5, 0.6) is 0 Å². The molecule has 0 aliphatic carbocycles. The first-order valence-corrected chi connectivity index (χ1v) is 4.93. The maximum atomic E-state index is 13.3. The van der Waals surface area contributed by atoms with E-state index in [0.29, 0.717) is 12.1 Å². The minimum absolute atomic E-state index is 0.125. The summed E-state index contributed by atoms with van der Waals surface area (Å²) < 4.78 is 52.0. The molecular formula is C12H8F4N2. The molecule has 2 aromatic rings. The second-order valence-corrected chi connectivity index (χ2v) is 3.64. The Balaban J connectivity index is 2.36. The molecule has 0 aliphatic heterocycles. The number of nitrogens with one attached hydrogen (secondary N) is 1. The smallest absolute Gasteiger partial charge is 0.161 e. The van der Waals surface area contributed by atoms with E-state index in [1.165, 1.54) is 6.07 Å². The van der Waals surface area contributed by atoms with E-state index in [0.717, 1.165) is 12.1 Å². The molecule has 0 saturated heterocycles. The van der Waals surface area contributed by atoms with Gasteiger partial charge in [-0.15, -0.1) is 0 Å². The van der Waals surface area contributed by atoms with Gasteiger partial charge in [0.05, 0.1) is 5.69 Å². The summed E-state index contributed by atoms with van der Waals surface area (Å²) >= 11 is 0. The summed E-state index contributed by atoms with van der Waals surface area (Å²) in [6, 6.07) is 4.51. The first-order valence-electron chi connectivity index (χ1n) is 4.93. The normalized spacial score (nSPS) is 10.4. The summed E-state index contributed by atoms with van der Waals surface area (Å²) in [5.41, 5.74) is 5.35. The van der Waals surface area contributed by atoms with E-state index < -0.39 is 23.3 Å². The Labute approximate surface area is 100 Å². The van der Waals surface area contributed by atoms with Gasteiger partial charge in [0.1, 0.15) is 11.6 Å². The molecule has 0 fully saturated rings. The van der Waals surface area contributed by atoms with E-state index in [2.05, 4.69) is 5.32 Å². The molecule has 3 N–H and O–H groups in total. The minimum atomic E-state index is -1.29. The molecule has 2 aromatic carbocycles. The van der Waals surface area contributed by atoms with Crippen molar-refractivity contribution in [2.75, 3.05) is 11.1 Å². The number of rotatable bonds is 2. The van der Waals surface area contributed by atoms with Crippen molar-refractivity contribution in [2.24, 2.45) is 0 Å². The second-order valence-electron chi connectivity index (χ2n) is 3.64. The van der Waals surface area contributed by atoms with Crippen molar-refractivity contribution in [3.05, 3.63) is 53.6 Å². The van der Waals surface area contributed by atoms with Gasteiger partial charge in [-0.25, -0.2) is 17.6 Å². The third kappa shape index (κ3) is 2.53. The Hall–Kier alpha value is -2.24. The fraction of sp³-hybridized carbons (Fsp3) is 0. The van der Waals surface area contributed by atoms with Crippen molar-refractivity contribution in [2.45, 2.75) is 0 Å². The van der Waals surface area contributed by atoms with E-state index in [1.54, 1.807) is 0 Å².